The van der Waals surface area contributed by atoms with Crippen molar-refractivity contribution in [3.05, 3.63) is 38.1 Å². The van der Waals surface area contributed by atoms with Crippen molar-refractivity contribution in [3.63, 3.8) is 0 Å². The van der Waals surface area contributed by atoms with E-state index in [0.717, 1.165) is 17.0 Å². The van der Waals surface area contributed by atoms with Crippen LogP contribution in [0.3, 0.4) is 0 Å². The molecule has 5 nitrogen and oxygen atoms in total. The number of aromatic nitrogens is 4. The van der Waals surface area contributed by atoms with Gasteiger partial charge in [-0.15, -0.1) is 0 Å². The molecule has 0 aromatic carbocycles. The van der Waals surface area contributed by atoms with Gasteiger partial charge in [-0.1, -0.05) is 0 Å². The summed E-state index contributed by atoms with van der Waals surface area (Å²) in [7, 11) is 0. The lowest BCUT2D eigenvalue weighted by atomic mass is 10.2. The van der Waals surface area contributed by atoms with E-state index in [9.17, 15) is 4.79 Å². The van der Waals surface area contributed by atoms with Crippen molar-refractivity contribution in [2.24, 2.45) is 0 Å². The molecule has 0 aliphatic heterocycles. The van der Waals surface area contributed by atoms with Crippen LogP contribution in [0.4, 0.5) is 0 Å². The molecule has 0 saturated carbocycles. The van der Waals surface area contributed by atoms with Crippen LogP contribution in [-0.4, -0.2) is 19.7 Å². The van der Waals surface area contributed by atoms with Gasteiger partial charge in [-0.2, -0.15) is 5.10 Å². The minimum absolute atomic E-state index is 0.213. The van der Waals surface area contributed by atoms with E-state index in [-0.39, 0.29) is 5.56 Å². The number of hydrogen-bond acceptors (Lipinski definition) is 3. The van der Waals surface area contributed by atoms with E-state index in [4.69, 9.17) is 0 Å². The highest BCUT2D eigenvalue weighted by molar-refractivity contribution is 9.10. The monoisotopic (exact) mass is 282 g/mol. The highest BCUT2D eigenvalue weighted by atomic mass is 79.9. The zero-order valence-electron chi connectivity index (χ0n) is 9.21. The maximum Gasteiger partial charge on any atom is 0.267 e. The molecule has 16 heavy (non-hydrogen) atoms. The van der Waals surface area contributed by atoms with Gasteiger partial charge in [-0.25, -0.2) is 9.67 Å². The molecule has 1 N–H and O–H groups in total. The number of H-pyrrole nitrogens is 1. The van der Waals surface area contributed by atoms with Crippen LogP contribution in [-0.2, 0) is 0 Å². The summed E-state index contributed by atoms with van der Waals surface area (Å²) in [5, 5.41) is 4.35. The Morgan fingerprint density at radius 3 is 2.62 bits per heavy atom. The van der Waals surface area contributed by atoms with Crippen LogP contribution in [0.15, 0.2) is 15.6 Å². The molecule has 0 aliphatic rings. The first-order valence-corrected chi connectivity index (χ1v) is 5.58. The summed E-state index contributed by atoms with van der Waals surface area (Å²) in [6.45, 7) is 5.87. The molecule has 6 heteroatoms. The zero-order valence-corrected chi connectivity index (χ0v) is 10.8. The van der Waals surface area contributed by atoms with E-state index in [2.05, 4.69) is 31.0 Å². The first-order chi connectivity index (χ1) is 7.52. The van der Waals surface area contributed by atoms with Gasteiger partial charge in [0.05, 0.1) is 12.0 Å². The molecule has 84 valence electrons. The lowest BCUT2D eigenvalue weighted by Gasteiger charge is -2.04. The van der Waals surface area contributed by atoms with Crippen molar-refractivity contribution in [2.45, 2.75) is 20.8 Å². The van der Waals surface area contributed by atoms with Gasteiger partial charge in [-0.05, 0) is 42.3 Å². The summed E-state index contributed by atoms with van der Waals surface area (Å²) >= 11 is 3.22. The third kappa shape index (κ3) is 1.59. The Labute approximate surface area is 101 Å². The predicted octanol–water partition coefficient (Wildman–Crippen LogP) is 1.64. The molecule has 0 fully saturated rings. The summed E-state index contributed by atoms with van der Waals surface area (Å²) in [5.74, 6) is 0.512. The van der Waals surface area contributed by atoms with E-state index >= 15 is 0 Å². The van der Waals surface area contributed by atoms with Crippen molar-refractivity contribution in [1.29, 1.82) is 0 Å². The van der Waals surface area contributed by atoms with Gasteiger partial charge in [0.2, 0.25) is 0 Å². The fourth-order valence-electron chi connectivity index (χ4n) is 1.45. The second kappa shape index (κ2) is 3.86. The third-order valence-electron chi connectivity index (χ3n) is 2.63. The van der Waals surface area contributed by atoms with Crippen molar-refractivity contribution in [2.75, 3.05) is 0 Å². The van der Waals surface area contributed by atoms with Gasteiger partial charge in [-0.3, -0.25) is 4.79 Å². The molecule has 0 bridgehead atoms. The molecule has 0 saturated heterocycles. The third-order valence-corrected chi connectivity index (χ3v) is 3.35. The number of nitrogens with zero attached hydrogens (tertiary/aromatic N) is 3. The molecule has 0 spiro atoms. The molecule has 2 heterocycles. The van der Waals surface area contributed by atoms with Gasteiger partial charge in [0.25, 0.3) is 5.56 Å². The first-order valence-electron chi connectivity index (χ1n) is 4.78. The minimum Gasteiger partial charge on any atom is -0.312 e. The van der Waals surface area contributed by atoms with E-state index in [0.29, 0.717) is 10.3 Å². The summed E-state index contributed by atoms with van der Waals surface area (Å²) < 4.78 is 2.06. The number of aryl methyl sites for hydroxylation is 1. The van der Waals surface area contributed by atoms with E-state index in [1.54, 1.807) is 4.68 Å². The molecule has 0 aliphatic carbocycles. The van der Waals surface area contributed by atoms with Gasteiger partial charge in [0.1, 0.15) is 4.47 Å². The Morgan fingerprint density at radius 2 is 2.06 bits per heavy atom. The van der Waals surface area contributed by atoms with Crippen molar-refractivity contribution in [3.8, 4) is 5.82 Å². The zero-order chi connectivity index (χ0) is 11.9. The Hall–Kier alpha value is -1.43. The molecular formula is C10H11BrN4O. The van der Waals surface area contributed by atoms with Crippen LogP contribution in [0, 0.1) is 20.8 Å². The maximum absolute atomic E-state index is 11.4. The molecule has 2 aromatic heterocycles. The first kappa shape index (κ1) is 11.1. The topological polar surface area (TPSA) is 63.6 Å². The van der Waals surface area contributed by atoms with E-state index < -0.39 is 0 Å². The van der Waals surface area contributed by atoms with E-state index in [1.165, 1.54) is 6.33 Å². The lowest BCUT2D eigenvalue weighted by molar-refractivity contribution is 0.791. The van der Waals surface area contributed by atoms with Crippen LogP contribution in [0.5, 0.6) is 0 Å². The Kier molecular flexibility index (Phi) is 2.67. The smallest absolute Gasteiger partial charge is 0.267 e. The van der Waals surface area contributed by atoms with Crippen LogP contribution in [0.25, 0.3) is 5.82 Å². The quantitative estimate of drug-likeness (QED) is 0.865. The van der Waals surface area contributed by atoms with E-state index in [1.807, 2.05) is 20.8 Å². The van der Waals surface area contributed by atoms with Crippen LogP contribution < -0.4 is 5.56 Å². The Balaban J connectivity index is 2.73. The molecule has 2 rings (SSSR count). The Bertz CT molecular complexity index is 599. The molecule has 2 aromatic rings. The number of halogens is 1. The Morgan fingerprint density at radius 1 is 1.38 bits per heavy atom. The second-order valence-electron chi connectivity index (χ2n) is 3.58. The van der Waals surface area contributed by atoms with Crippen LogP contribution in [0.2, 0.25) is 0 Å². The highest BCUT2D eigenvalue weighted by Crippen LogP contribution is 2.18. The minimum atomic E-state index is -0.213. The van der Waals surface area contributed by atoms with Gasteiger partial charge in [0, 0.05) is 5.69 Å². The van der Waals surface area contributed by atoms with Crippen molar-refractivity contribution < 1.29 is 0 Å². The summed E-state index contributed by atoms with van der Waals surface area (Å²) in [4.78, 5) is 18.1. The fraction of sp³-hybridized carbons (Fsp3) is 0.300. The largest absolute Gasteiger partial charge is 0.312 e. The molecule has 0 unspecified atom stereocenters. The normalized spacial score (nSPS) is 10.8. The van der Waals surface area contributed by atoms with Gasteiger partial charge < -0.3 is 4.98 Å². The number of nitrogens with one attached hydrogen (secondary N) is 1. The van der Waals surface area contributed by atoms with Crippen molar-refractivity contribution in [1.82, 2.24) is 19.7 Å². The maximum atomic E-state index is 11.4. The molecule has 0 radical (unpaired) electrons. The van der Waals surface area contributed by atoms with Gasteiger partial charge >= 0.3 is 0 Å². The number of rotatable bonds is 1. The predicted molar refractivity (Wildman–Crippen MR) is 63.9 cm³/mol. The average Bonchev–Trinajstić information content (AvgIpc) is 2.50. The number of aromatic amines is 1. The summed E-state index contributed by atoms with van der Waals surface area (Å²) in [5.41, 5.74) is 2.81. The van der Waals surface area contributed by atoms with Gasteiger partial charge in [0.15, 0.2) is 5.82 Å². The highest BCUT2D eigenvalue weighted by Gasteiger charge is 2.13. The standard InChI is InChI=1S/C10H11BrN4O/c1-5-6(2)14-15(7(5)3)9-8(11)10(16)13-4-12-9/h4H,1-3H3,(H,12,13,16). The summed E-state index contributed by atoms with van der Waals surface area (Å²) in [6.07, 6.45) is 1.37. The second-order valence-corrected chi connectivity index (χ2v) is 4.37. The van der Waals surface area contributed by atoms with Crippen LogP contribution >= 0.6 is 15.9 Å². The molecular weight excluding hydrogens is 272 g/mol. The van der Waals surface area contributed by atoms with Crippen LogP contribution in [0.1, 0.15) is 17.0 Å². The SMILES string of the molecule is Cc1nn(-c2nc[nH]c(=O)c2Br)c(C)c1C. The fourth-order valence-corrected chi connectivity index (χ4v) is 1.83. The molecule has 0 atom stereocenters. The lowest BCUT2D eigenvalue weighted by Crippen LogP contribution is -2.13. The van der Waals surface area contributed by atoms with Crippen molar-refractivity contribution >= 4 is 15.9 Å². The summed E-state index contributed by atoms with van der Waals surface area (Å²) in [6, 6.07) is 0. The number of hydrogen-bond donors (Lipinski definition) is 1. The molecule has 0 amide bonds. The average molecular weight is 283 g/mol.